The van der Waals surface area contributed by atoms with E-state index in [1.54, 1.807) is 12.1 Å². The summed E-state index contributed by atoms with van der Waals surface area (Å²) < 4.78 is 11.9. The Labute approximate surface area is 134 Å². The lowest BCUT2D eigenvalue weighted by Crippen LogP contribution is -2.24. The minimum absolute atomic E-state index is 0.0631. The summed E-state index contributed by atoms with van der Waals surface area (Å²) in [5.41, 5.74) is 1.09. The highest BCUT2D eigenvalue weighted by Gasteiger charge is 2.18. The first kappa shape index (κ1) is 14.7. The maximum absolute atomic E-state index is 12.0. The molecule has 0 saturated heterocycles. The Balaban J connectivity index is 2.05. The second-order valence-electron chi connectivity index (χ2n) is 4.43. The summed E-state index contributed by atoms with van der Waals surface area (Å²) >= 11 is 17.7. The monoisotopic (exact) mass is 346 g/mol. The smallest absolute Gasteiger partial charge is 0.287 e. The molecule has 0 fully saturated rings. The fraction of sp³-hybridized carbons (Fsp3) is 0.231. The van der Waals surface area contributed by atoms with Crippen LogP contribution in [0, 0.1) is 0 Å². The van der Waals surface area contributed by atoms with Gasteiger partial charge in [-0.1, -0.05) is 34.8 Å². The van der Waals surface area contributed by atoms with Gasteiger partial charge >= 0.3 is 0 Å². The summed E-state index contributed by atoms with van der Waals surface area (Å²) in [5.74, 6) is 0.658. The van der Waals surface area contributed by atoms with E-state index in [-0.39, 0.29) is 23.4 Å². The zero-order valence-corrected chi connectivity index (χ0v) is 12.9. The van der Waals surface area contributed by atoms with E-state index in [2.05, 4.69) is 5.10 Å². The highest BCUT2D eigenvalue weighted by Crippen LogP contribution is 2.32. The predicted octanol–water partition coefficient (Wildman–Crippen LogP) is 3.12. The van der Waals surface area contributed by atoms with E-state index in [4.69, 9.17) is 44.3 Å². The van der Waals surface area contributed by atoms with Gasteiger partial charge in [0.2, 0.25) is 0 Å². The van der Waals surface area contributed by atoms with Gasteiger partial charge in [-0.05, 0) is 12.1 Å². The van der Waals surface area contributed by atoms with Crippen molar-refractivity contribution in [3.8, 4) is 5.75 Å². The Hall–Kier alpha value is -1.27. The lowest BCUT2D eigenvalue weighted by molar-refractivity contribution is -0.0171. The van der Waals surface area contributed by atoms with Gasteiger partial charge in [0.1, 0.15) is 10.8 Å². The maximum Gasteiger partial charge on any atom is 0.287 e. The molecule has 0 spiro atoms. The fourth-order valence-corrected chi connectivity index (χ4v) is 2.63. The van der Waals surface area contributed by atoms with E-state index in [1.807, 2.05) is 0 Å². The van der Waals surface area contributed by atoms with Gasteiger partial charge in [-0.3, -0.25) is 4.79 Å². The van der Waals surface area contributed by atoms with Crippen LogP contribution in [0.3, 0.4) is 0 Å². The molecule has 2 aromatic rings. The van der Waals surface area contributed by atoms with Gasteiger partial charge in [-0.25, -0.2) is 4.68 Å². The van der Waals surface area contributed by atoms with E-state index in [0.717, 1.165) is 11.1 Å². The van der Waals surface area contributed by atoms with Crippen molar-refractivity contribution in [1.29, 1.82) is 0 Å². The SMILES string of the molecule is O=c1c(Cl)c(Cl)cnn1Cc1cc(Cl)cc2c1OCOC2. The van der Waals surface area contributed by atoms with E-state index in [9.17, 15) is 4.79 Å². The van der Waals surface area contributed by atoms with Gasteiger partial charge in [0, 0.05) is 16.1 Å². The van der Waals surface area contributed by atoms with Crippen molar-refractivity contribution < 1.29 is 9.47 Å². The molecule has 0 bridgehead atoms. The van der Waals surface area contributed by atoms with Crippen LogP contribution in [0.25, 0.3) is 0 Å². The Morgan fingerprint density at radius 2 is 2.10 bits per heavy atom. The largest absolute Gasteiger partial charge is 0.467 e. The van der Waals surface area contributed by atoms with Crippen molar-refractivity contribution in [3.63, 3.8) is 0 Å². The second kappa shape index (κ2) is 5.85. The number of fused-ring (bicyclic) bond motifs is 1. The summed E-state index contributed by atoms with van der Waals surface area (Å²) in [5, 5.41) is 4.56. The molecule has 8 heteroatoms. The molecule has 5 nitrogen and oxygen atoms in total. The number of ether oxygens (including phenoxy) is 2. The van der Waals surface area contributed by atoms with Crippen LogP contribution in [0.15, 0.2) is 23.1 Å². The number of rotatable bonds is 2. The number of benzene rings is 1. The Morgan fingerprint density at radius 3 is 2.90 bits per heavy atom. The number of aromatic nitrogens is 2. The number of nitrogens with zero attached hydrogens (tertiary/aromatic N) is 2. The first-order chi connectivity index (χ1) is 10.1. The maximum atomic E-state index is 12.0. The highest BCUT2D eigenvalue weighted by atomic mass is 35.5. The van der Waals surface area contributed by atoms with Crippen molar-refractivity contribution in [2.75, 3.05) is 6.79 Å². The number of halogens is 3. The normalized spacial score (nSPS) is 13.7. The predicted molar refractivity (Wildman–Crippen MR) is 79.4 cm³/mol. The van der Waals surface area contributed by atoms with Crippen LogP contribution in [0.4, 0.5) is 0 Å². The number of hydrogen-bond acceptors (Lipinski definition) is 4. The van der Waals surface area contributed by atoms with Crippen LogP contribution < -0.4 is 10.3 Å². The summed E-state index contributed by atoms with van der Waals surface area (Å²) in [6, 6.07) is 3.49. The van der Waals surface area contributed by atoms with Crippen LogP contribution in [-0.4, -0.2) is 16.6 Å². The average molecular weight is 348 g/mol. The summed E-state index contributed by atoms with van der Waals surface area (Å²) in [4.78, 5) is 12.0. The van der Waals surface area contributed by atoms with Crippen LogP contribution in [-0.2, 0) is 17.9 Å². The molecule has 21 heavy (non-hydrogen) atoms. The van der Waals surface area contributed by atoms with Gasteiger partial charge in [0.25, 0.3) is 5.56 Å². The lowest BCUT2D eigenvalue weighted by Gasteiger charge is -2.21. The molecule has 0 N–H and O–H groups in total. The van der Waals surface area contributed by atoms with Gasteiger partial charge < -0.3 is 9.47 Å². The third-order valence-electron chi connectivity index (χ3n) is 3.01. The van der Waals surface area contributed by atoms with Gasteiger partial charge in [-0.15, -0.1) is 0 Å². The van der Waals surface area contributed by atoms with Gasteiger partial charge in [0.15, 0.2) is 6.79 Å². The highest BCUT2D eigenvalue weighted by molar-refractivity contribution is 6.41. The topological polar surface area (TPSA) is 53.4 Å². The zero-order chi connectivity index (χ0) is 15.0. The van der Waals surface area contributed by atoms with E-state index < -0.39 is 5.56 Å². The van der Waals surface area contributed by atoms with Gasteiger partial charge in [-0.2, -0.15) is 5.10 Å². The molecule has 0 saturated carbocycles. The molecule has 1 aromatic heterocycles. The van der Waals surface area contributed by atoms with E-state index in [0.29, 0.717) is 17.4 Å². The minimum atomic E-state index is -0.468. The van der Waals surface area contributed by atoms with E-state index in [1.165, 1.54) is 10.9 Å². The molecule has 1 aliphatic rings. The van der Waals surface area contributed by atoms with Crippen molar-refractivity contribution in [3.05, 3.63) is 54.9 Å². The molecule has 0 amide bonds. The third kappa shape index (κ3) is 2.87. The second-order valence-corrected chi connectivity index (χ2v) is 5.65. The molecule has 1 aliphatic heterocycles. The van der Waals surface area contributed by atoms with Crippen LogP contribution in [0.5, 0.6) is 5.75 Å². The van der Waals surface area contributed by atoms with Crippen molar-refractivity contribution in [2.45, 2.75) is 13.2 Å². The molecular formula is C13H9Cl3N2O3. The molecular weight excluding hydrogens is 339 g/mol. The summed E-state index contributed by atoms with van der Waals surface area (Å²) in [7, 11) is 0. The van der Waals surface area contributed by atoms with Crippen LogP contribution in [0.1, 0.15) is 11.1 Å². The Bertz CT molecular complexity index is 761. The van der Waals surface area contributed by atoms with Crippen LogP contribution >= 0.6 is 34.8 Å². The minimum Gasteiger partial charge on any atom is -0.467 e. The average Bonchev–Trinajstić information content (AvgIpc) is 2.47. The molecule has 0 unspecified atom stereocenters. The van der Waals surface area contributed by atoms with Crippen LogP contribution in [0.2, 0.25) is 15.1 Å². The Morgan fingerprint density at radius 1 is 1.29 bits per heavy atom. The molecule has 0 radical (unpaired) electrons. The molecule has 1 aromatic carbocycles. The lowest BCUT2D eigenvalue weighted by atomic mass is 10.1. The van der Waals surface area contributed by atoms with Crippen molar-refractivity contribution in [1.82, 2.24) is 9.78 Å². The fourth-order valence-electron chi connectivity index (χ4n) is 2.09. The van der Waals surface area contributed by atoms with Crippen molar-refractivity contribution in [2.24, 2.45) is 0 Å². The molecule has 110 valence electrons. The quantitative estimate of drug-likeness (QED) is 0.837. The summed E-state index contributed by atoms with van der Waals surface area (Å²) in [6.07, 6.45) is 1.33. The van der Waals surface area contributed by atoms with Gasteiger partial charge in [0.05, 0.1) is 24.4 Å². The third-order valence-corrected chi connectivity index (χ3v) is 3.98. The molecule has 3 rings (SSSR count). The zero-order valence-electron chi connectivity index (χ0n) is 10.6. The van der Waals surface area contributed by atoms with Crippen molar-refractivity contribution >= 4 is 34.8 Å². The summed E-state index contributed by atoms with van der Waals surface area (Å²) in [6.45, 7) is 0.747. The standard InChI is InChI=1S/C13H9Cl3N2O3/c14-9-1-7(12-8(2-9)5-20-6-21-12)4-18-13(19)11(16)10(15)3-17-18/h1-3H,4-6H2. The molecule has 0 aliphatic carbocycles. The number of hydrogen-bond donors (Lipinski definition) is 0. The first-order valence-electron chi connectivity index (χ1n) is 5.99. The van der Waals surface area contributed by atoms with E-state index >= 15 is 0 Å². The molecule has 0 atom stereocenters. The molecule has 2 heterocycles. The first-order valence-corrected chi connectivity index (χ1v) is 7.12. The Kier molecular flexibility index (Phi) is 4.08.